The number of carboxylic acids is 1. The van der Waals surface area contributed by atoms with Gasteiger partial charge < -0.3 is 15.2 Å². The van der Waals surface area contributed by atoms with E-state index in [1.54, 1.807) is 32.5 Å². The van der Waals surface area contributed by atoms with Crippen LogP contribution in [0, 0.1) is 0 Å². The molecule has 0 aromatic carbocycles. The van der Waals surface area contributed by atoms with Gasteiger partial charge in [0.2, 0.25) is 0 Å². The van der Waals surface area contributed by atoms with Gasteiger partial charge in [-0.1, -0.05) is 6.92 Å². The maximum absolute atomic E-state index is 11.7. The molecular formula is C11H19NO4S. The van der Waals surface area contributed by atoms with E-state index >= 15 is 0 Å². The first-order valence-electron chi connectivity index (χ1n) is 5.53. The first kappa shape index (κ1) is 14.2. The molecule has 1 aliphatic rings. The second-order valence-electron chi connectivity index (χ2n) is 5.17. The van der Waals surface area contributed by atoms with Crippen LogP contribution in [0.15, 0.2) is 0 Å². The standard InChI is InChI=1S/C11H19NO4S/c1-7-11(8(13)14,5-6-17-7)12-9(15)16-10(2,3)4/h7H,5-6H2,1-4H3,(H,12,15)(H,13,14)/t7-,11+/m0/s1. The van der Waals surface area contributed by atoms with Gasteiger partial charge in [0.05, 0.1) is 0 Å². The Morgan fingerprint density at radius 3 is 2.41 bits per heavy atom. The monoisotopic (exact) mass is 261 g/mol. The maximum atomic E-state index is 11.7. The van der Waals surface area contributed by atoms with E-state index in [2.05, 4.69) is 5.32 Å². The summed E-state index contributed by atoms with van der Waals surface area (Å²) in [6.07, 6.45) is -0.248. The second-order valence-corrected chi connectivity index (χ2v) is 6.62. The number of thioether (sulfide) groups is 1. The predicted octanol–water partition coefficient (Wildman–Crippen LogP) is 1.86. The quantitative estimate of drug-likeness (QED) is 0.793. The van der Waals surface area contributed by atoms with Crippen molar-refractivity contribution in [2.45, 2.75) is 50.5 Å². The molecule has 0 aliphatic carbocycles. The maximum Gasteiger partial charge on any atom is 0.408 e. The number of amides is 1. The highest BCUT2D eigenvalue weighted by Crippen LogP contribution is 2.36. The van der Waals surface area contributed by atoms with E-state index < -0.39 is 23.2 Å². The largest absolute Gasteiger partial charge is 0.479 e. The molecule has 1 saturated heterocycles. The van der Waals surface area contributed by atoms with Gasteiger partial charge in [0.15, 0.2) is 5.54 Å². The summed E-state index contributed by atoms with van der Waals surface area (Å²) in [6, 6.07) is 0. The van der Waals surface area contributed by atoms with Crippen molar-refractivity contribution < 1.29 is 19.4 Å². The van der Waals surface area contributed by atoms with Gasteiger partial charge in [0, 0.05) is 5.25 Å². The van der Waals surface area contributed by atoms with Crippen molar-refractivity contribution in [3.05, 3.63) is 0 Å². The number of aliphatic carboxylic acids is 1. The van der Waals surface area contributed by atoms with Crippen molar-refractivity contribution in [3.63, 3.8) is 0 Å². The number of alkyl carbamates (subject to hydrolysis) is 1. The third-order valence-corrected chi connectivity index (χ3v) is 4.01. The molecule has 0 saturated carbocycles. The Morgan fingerprint density at radius 1 is 1.47 bits per heavy atom. The highest BCUT2D eigenvalue weighted by molar-refractivity contribution is 8.00. The smallest absolute Gasteiger partial charge is 0.408 e. The molecule has 1 amide bonds. The van der Waals surface area contributed by atoms with Crippen LogP contribution in [0.1, 0.15) is 34.1 Å². The van der Waals surface area contributed by atoms with Crippen molar-refractivity contribution in [1.29, 1.82) is 0 Å². The van der Waals surface area contributed by atoms with Gasteiger partial charge in [0.1, 0.15) is 5.60 Å². The lowest BCUT2D eigenvalue weighted by Gasteiger charge is -2.30. The molecular weight excluding hydrogens is 242 g/mol. The van der Waals surface area contributed by atoms with Crippen LogP contribution in [-0.4, -0.2) is 39.3 Å². The summed E-state index contributed by atoms with van der Waals surface area (Å²) >= 11 is 1.54. The molecule has 5 nitrogen and oxygen atoms in total. The number of carboxylic acid groups (broad SMARTS) is 1. The van der Waals surface area contributed by atoms with Crippen LogP contribution in [-0.2, 0) is 9.53 Å². The van der Waals surface area contributed by atoms with Gasteiger partial charge in [-0.3, -0.25) is 0 Å². The number of hydrogen-bond donors (Lipinski definition) is 2. The molecule has 2 N–H and O–H groups in total. The fourth-order valence-electron chi connectivity index (χ4n) is 1.73. The van der Waals surface area contributed by atoms with Crippen molar-refractivity contribution in [1.82, 2.24) is 5.32 Å². The lowest BCUT2D eigenvalue weighted by atomic mass is 9.93. The minimum Gasteiger partial charge on any atom is -0.479 e. The van der Waals surface area contributed by atoms with E-state index in [-0.39, 0.29) is 5.25 Å². The summed E-state index contributed by atoms with van der Waals surface area (Å²) in [7, 11) is 0. The Kier molecular flexibility index (Phi) is 3.96. The summed E-state index contributed by atoms with van der Waals surface area (Å²) in [5.41, 5.74) is -1.83. The molecule has 1 rings (SSSR count). The first-order chi connectivity index (χ1) is 7.67. The molecule has 0 unspecified atom stereocenters. The van der Waals surface area contributed by atoms with E-state index in [0.717, 1.165) is 5.75 Å². The van der Waals surface area contributed by atoms with Gasteiger partial charge in [-0.15, -0.1) is 0 Å². The fourth-order valence-corrected chi connectivity index (χ4v) is 3.08. The zero-order valence-electron chi connectivity index (χ0n) is 10.6. The van der Waals surface area contributed by atoms with Crippen molar-refractivity contribution in [2.75, 3.05) is 5.75 Å². The number of rotatable bonds is 2. The average Bonchev–Trinajstić information content (AvgIpc) is 2.45. The molecule has 2 atom stereocenters. The zero-order chi connectivity index (χ0) is 13.3. The Hall–Kier alpha value is -0.910. The van der Waals surface area contributed by atoms with Crippen molar-refractivity contribution in [3.8, 4) is 0 Å². The summed E-state index contributed by atoms with van der Waals surface area (Å²) in [6.45, 7) is 7.04. The number of carbonyl (C=O) groups is 2. The third kappa shape index (κ3) is 3.28. The van der Waals surface area contributed by atoms with Crippen molar-refractivity contribution in [2.24, 2.45) is 0 Å². The molecule has 1 aliphatic heterocycles. The zero-order valence-corrected chi connectivity index (χ0v) is 11.4. The molecule has 6 heteroatoms. The Labute approximate surface area is 105 Å². The summed E-state index contributed by atoms with van der Waals surface area (Å²) < 4.78 is 5.10. The van der Waals surface area contributed by atoms with Crippen LogP contribution in [0.25, 0.3) is 0 Å². The van der Waals surface area contributed by atoms with E-state index in [0.29, 0.717) is 6.42 Å². The minimum absolute atomic E-state index is 0.160. The fraction of sp³-hybridized carbons (Fsp3) is 0.818. The van der Waals surface area contributed by atoms with Gasteiger partial charge in [0.25, 0.3) is 0 Å². The highest BCUT2D eigenvalue weighted by atomic mass is 32.2. The van der Waals surface area contributed by atoms with Crippen LogP contribution in [0.3, 0.4) is 0 Å². The summed E-state index contributed by atoms with van der Waals surface area (Å²) in [4.78, 5) is 23.0. The topological polar surface area (TPSA) is 75.6 Å². The third-order valence-electron chi connectivity index (χ3n) is 2.66. The molecule has 17 heavy (non-hydrogen) atoms. The van der Waals surface area contributed by atoms with Gasteiger partial charge in [-0.05, 0) is 32.9 Å². The van der Waals surface area contributed by atoms with E-state index in [1.807, 2.05) is 6.92 Å². The molecule has 0 radical (unpaired) electrons. The van der Waals surface area contributed by atoms with Crippen LogP contribution >= 0.6 is 11.8 Å². The Bertz CT molecular complexity index is 326. The SMILES string of the molecule is C[C@@H]1SCC[C@]1(NC(=O)OC(C)(C)C)C(=O)O. The highest BCUT2D eigenvalue weighted by Gasteiger charge is 2.49. The molecule has 0 bridgehead atoms. The summed E-state index contributed by atoms with van der Waals surface area (Å²) in [5, 5.41) is 11.7. The average molecular weight is 261 g/mol. The molecule has 0 aromatic heterocycles. The van der Waals surface area contributed by atoms with E-state index in [4.69, 9.17) is 4.74 Å². The number of nitrogens with one attached hydrogen (secondary N) is 1. The lowest BCUT2D eigenvalue weighted by Crippen LogP contribution is -2.58. The van der Waals surface area contributed by atoms with E-state index in [1.165, 1.54) is 0 Å². The van der Waals surface area contributed by atoms with Crippen LogP contribution in [0.5, 0.6) is 0 Å². The molecule has 1 heterocycles. The Balaban J connectivity index is 2.75. The van der Waals surface area contributed by atoms with Gasteiger partial charge in [-0.25, -0.2) is 9.59 Å². The van der Waals surface area contributed by atoms with Gasteiger partial charge >= 0.3 is 12.1 Å². The lowest BCUT2D eigenvalue weighted by molar-refractivity contribution is -0.144. The predicted molar refractivity (Wildman–Crippen MR) is 66.3 cm³/mol. The number of carbonyl (C=O) groups excluding carboxylic acids is 1. The van der Waals surface area contributed by atoms with Crippen LogP contribution in [0.2, 0.25) is 0 Å². The normalized spacial score (nSPS) is 28.8. The second kappa shape index (κ2) is 4.76. The molecule has 0 aromatic rings. The van der Waals surface area contributed by atoms with Crippen molar-refractivity contribution >= 4 is 23.8 Å². The van der Waals surface area contributed by atoms with Crippen LogP contribution in [0.4, 0.5) is 4.79 Å². The van der Waals surface area contributed by atoms with E-state index in [9.17, 15) is 14.7 Å². The van der Waals surface area contributed by atoms with Crippen LogP contribution < -0.4 is 5.32 Å². The first-order valence-corrected chi connectivity index (χ1v) is 6.58. The summed E-state index contributed by atoms with van der Waals surface area (Å²) in [5.74, 6) is -0.274. The number of ether oxygens (including phenoxy) is 1. The molecule has 98 valence electrons. The minimum atomic E-state index is -1.20. The number of hydrogen-bond acceptors (Lipinski definition) is 4. The molecule has 0 spiro atoms. The molecule has 1 fully saturated rings. The Morgan fingerprint density at radius 2 is 2.06 bits per heavy atom. The van der Waals surface area contributed by atoms with Gasteiger partial charge in [-0.2, -0.15) is 11.8 Å².